The second kappa shape index (κ2) is 7.71. The maximum atomic E-state index is 13.0. The highest BCUT2D eigenvalue weighted by molar-refractivity contribution is 6.04. The van der Waals surface area contributed by atoms with E-state index in [9.17, 15) is 19.5 Å². The maximum absolute atomic E-state index is 13.0. The van der Waals surface area contributed by atoms with Crippen LogP contribution in [0.2, 0.25) is 0 Å². The third kappa shape index (κ3) is 4.15. The van der Waals surface area contributed by atoms with Gasteiger partial charge in [0.2, 0.25) is 5.91 Å². The van der Waals surface area contributed by atoms with Gasteiger partial charge in [0.05, 0.1) is 16.7 Å². The highest BCUT2D eigenvalue weighted by Gasteiger charge is 2.46. The molecule has 1 saturated carbocycles. The zero-order valence-electron chi connectivity index (χ0n) is 16.0. The number of carboxylic acid groups (broad SMARTS) is 1. The van der Waals surface area contributed by atoms with Crippen LogP contribution in [0.25, 0.3) is 0 Å². The van der Waals surface area contributed by atoms with E-state index >= 15 is 0 Å². The maximum Gasteiger partial charge on any atom is 0.310 e. The second-order valence-electron chi connectivity index (χ2n) is 8.37. The van der Waals surface area contributed by atoms with Gasteiger partial charge >= 0.3 is 5.97 Å². The molecule has 0 aromatic heterocycles. The molecule has 1 aromatic carbocycles. The Morgan fingerprint density at radius 2 is 1.78 bits per heavy atom. The van der Waals surface area contributed by atoms with Gasteiger partial charge in [-0.1, -0.05) is 32.4 Å². The number of rotatable bonds is 5. The van der Waals surface area contributed by atoms with Crippen molar-refractivity contribution in [1.82, 2.24) is 4.90 Å². The number of hydrogen-bond acceptors (Lipinski definition) is 3. The molecular weight excluding hydrogens is 344 g/mol. The van der Waals surface area contributed by atoms with Gasteiger partial charge in [-0.15, -0.1) is 0 Å². The average Bonchev–Trinajstić information content (AvgIpc) is 2.57. The zero-order valence-corrected chi connectivity index (χ0v) is 16.0. The van der Waals surface area contributed by atoms with E-state index in [1.54, 1.807) is 24.3 Å². The number of aliphatic carboxylic acids is 1. The lowest BCUT2D eigenvalue weighted by atomic mass is 9.66. The summed E-state index contributed by atoms with van der Waals surface area (Å²) in [6, 6.07) is 6.98. The highest BCUT2D eigenvalue weighted by Crippen LogP contribution is 2.44. The Bertz CT molecular complexity index is 731. The summed E-state index contributed by atoms with van der Waals surface area (Å²) >= 11 is 0. The standard InChI is InChI=1S/C21H28N2O4/c1-14-10-15(2)13-23(12-14)19(25)16-6-3-4-7-17(16)22-18(24)11-21(20(26)27)8-5-9-21/h3-4,6-7,14-15H,5,8-13H2,1-2H3,(H,22,24)(H,26,27). The highest BCUT2D eigenvalue weighted by atomic mass is 16.4. The second-order valence-corrected chi connectivity index (χ2v) is 8.37. The number of nitrogens with zero attached hydrogens (tertiary/aromatic N) is 1. The number of nitrogens with one attached hydrogen (secondary N) is 1. The first-order valence-corrected chi connectivity index (χ1v) is 9.72. The molecule has 0 spiro atoms. The largest absolute Gasteiger partial charge is 0.481 e. The van der Waals surface area contributed by atoms with Crippen LogP contribution in [-0.4, -0.2) is 40.9 Å². The molecule has 146 valence electrons. The van der Waals surface area contributed by atoms with Crippen molar-refractivity contribution < 1.29 is 19.5 Å². The minimum absolute atomic E-state index is 0.0529. The zero-order chi connectivity index (χ0) is 19.6. The Hall–Kier alpha value is -2.37. The first-order chi connectivity index (χ1) is 12.8. The average molecular weight is 372 g/mol. The van der Waals surface area contributed by atoms with Crippen molar-refractivity contribution in [2.75, 3.05) is 18.4 Å². The topological polar surface area (TPSA) is 86.7 Å². The van der Waals surface area contributed by atoms with Crippen LogP contribution in [0, 0.1) is 17.3 Å². The van der Waals surface area contributed by atoms with Crippen LogP contribution >= 0.6 is 0 Å². The molecule has 1 aromatic rings. The molecule has 6 nitrogen and oxygen atoms in total. The van der Waals surface area contributed by atoms with Crippen LogP contribution < -0.4 is 5.32 Å². The normalized spacial score (nSPS) is 24.0. The number of carbonyl (C=O) groups excluding carboxylic acids is 2. The Labute approximate surface area is 159 Å². The molecule has 1 aliphatic carbocycles. The van der Waals surface area contributed by atoms with Gasteiger partial charge in [-0.3, -0.25) is 14.4 Å². The molecule has 6 heteroatoms. The fourth-order valence-electron chi connectivity index (χ4n) is 4.35. The van der Waals surface area contributed by atoms with Gasteiger partial charge in [0.25, 0.3) is 5.91 Å². The van der Waals surface area contributed by atoms with Gasteiger partial charge in [0, 0.05) is 19.5 Å². The summed E-state index contributed by atoms with van der Waals surface area (Å²) in [6.07, 6.45) is 2.95. The van der Waals surface area contributed by atoms with Crippen molar-refractivity contribution >= 4 is 23.5 Å². The van der Waals surface area contributed by atoms with E-state index in [-0.39, 0.29) is 18.2 Å². The number of para-hydroxylation sites is 1. The van der Waals surface area contributed by atoms with Gasteiger partial charge in [0.1, 0.15) is 0 Å². The summed E-state index contributed by atoms with van der Waals surface area (Å²) in [5, 5.41) is 12.2. The molecule has 2 atom stereocenters. The Kier molecular flexibility index (Phi) is 5.53. The monoisotopic (exact) mass is 372 g/mol. The molecule has 2 unspecified atom stereocenters. The Morgan fingerprint density at radius 3 is 2.33 bits per heavy atom. The predicted molar refractivity (Wildman–Crippen MR) is 102 cm³/mol. The molecule has 3 rings (SSSR count). The molecule has 2 aliphatic rings. The number of carboxylic acids is 1. The molecule has 0 radical (unpaired) electrons. The van der Waals surface area contributed by atoms with Crippen LogP contribution in [0.4, 0.5) is 5.69 Å². The fraction of sp³-hybridized carbons (Fsp3) is 0.571. The van der Waals surface area contributed by atoms with Gasteiger partial charge < -0.3 is 15.3 Å². The van der Waals surface area contributed by atoms with E-state index in [0.717, 1.165) is 12.8 Å². The van der Waals surface area contributed by atoms with Crippen molar-refractivity contribution in [3.8, 4) is 0 Å². The van der Waals surface area contributed by atoms with E-state index in [1.807, 2.05) is 4.90 Å². The van der Waals surface area contributed by atoms with Gasteiger partial charge in [-0.2, -0.15) is 0 Å². The number of amides is 2. The van der Waals surface area contributed by atoms with Crippen LogP contribution in [0.1, 0.15) is 56.3 Å². The number of benzene rings is 1. The molecular formula is C21H28N2O4. The molecule has 2 amide bonds. The summed E-state index contributed by atoms with van der Waals surface area (Å²) in [5.74, 6) is -0.440. The smallest absolute Gasteiger partial charge is 0.310 e. The molecule has 1 heterocycles. The summed E-state index contributed by atoms with van der Waals surface area (Å²) in [6.45, 7) is 5.72. The van der Waals surface area contributed by atoms with E-state index in [0.29, 0.717) is 49.0 Å². The summed E-state index contributed by atoms with van der Waals surface area (Å²) in [5.41, 5.74) is -0.0239. The van der Waals surface area contributed by atoms with Crippen molar-refractivity contribution in [1.29, 1.82) is 0 Å². The number of hydrogen-bond donors (Lipinski definition) is 2. The van der Waals surface area contributed by atoms with Crippen molar-refractivity contribution in [2.24, 2.45) is 17.3 Å². The quantitative estimate of drug-likeness (QED) is 0.829. The third-order valence-electron chi connectivity index (χ3n) is 5.85. The van der Waals surface area contributed by atoms with Crippen LogP contribution in [0.3, 0.4) is 0 Å². The molecule has 1 saturated heterocycles. The van der Waals surface area contributed by atoms with Crippen molar-refractivity contribution in [3.05, 3.63) is 29.8 Å². The van der Waals surface area contributed by atoms with E-state index in [1.165, 1.54) is 0 Å². The van der Waals surface area contributed by atoms with Gasteiger partial charge in [-0.05, 0) is 43.2 Å². The first-order valence-electron chi connectivity index (χ1n) is 9.72. The molecule has 2 N–H and O–H groups in total. The van der Waals surface area contributed by atoms with Crippen molar-refractivity contribution in [2.45, 2.75) is 46.0 Å². The molecule has 2 fully saturated rings. The molecule has 0 bridgehead atoms. The summed E-state index contributed by atoms with van der Waals surface area (Å²) < 4.78 is 0. The lowest BCUT2D eigenvalue weighted by molar-refractivity contribution is -0.157. The lowest BCUT2D eigenvalue weighted by Gasteiger charge is -2.37. The van der Waals surface area contributed by atoms with Crippen LogP contribution in [0.5, 0.6) is 0 Å². The van der Waals surface area contributed by atoms with Crippen molar-refractivity contribution in [3.63, 3.8) is 0 Å². The van der Waals surface area contributed by atoms with Gasteiger partial charge in [0.15, 0.2) is 0 Å². The Balaban J connectivity index is 1.73. The molecule has 27 heavy (non-hydrogen) atoms. The van der Waals surface area contributed by atoms with Gasteiger partial charge in [-0.25, -0.2) is 0 Å². The lowest BCUT2D eigenvalue weighted by Crippen LogP contribution is -2.43. The number of carbonyl (C=O) groups is 3. The SMILES string of the molecule is CC1CC(C)CN(C(=O)c2ccccc2NC(=O)CC2(C(=O)O)CCC2)C1. The minimum atomic E-state index is -0.944. The number of piperidine rings is 1. The number of likely N-dealkylation sites (tertiary alicyclic amines) is 1. The number of anilines is 1. The fourth-order valence-corrected chi connectivity index (χ4v) is 4.35. The summed E-state index contributed by atoms with van der Waals surface area (Å²) in [4.78, 5) is 38.9. The van der Waals surface area contributed by atoms with Crippen LogP contribution in [-0.2, 0) is 9.59 Å². The molecule has 1 aliphatic heterocycles. The first kappa shape index (κ1) is 19.4. The predicted octanol–water partition coefficient (Wildman–Crippen LogP) is 3.39. The summed E-state index contributed by atoms with van der Waals surface area (Å²) in [7, 11) is 0. The van der Waals surface area contributed by atoms with E-state index in [2.05, 4.69) is 19.2 Å². The Morgan fingerprint density at radius 1 is 1.15 bits per heavy atom. The van der Waals surface area contributed by atoms with E-state index < -0.39 is 11.4 Å². The van der Waals surface area contributed by atoms with Crippen LogP contribution in [0.15, 0.2) is 24.3 Å². The van der Waals surface area contributed by atoms with E-state index in [4.69, 9.17) is 0 Å². The minimum Gasteiger partial charge on any atom is -0.481 e. The third-order valence-corrected chi connectivity index (χ3v) is 5.85.